The molecule has 1 saturated carbocycles. The molecule has 1 aromatic rings. The highest BCUT2D eigenvalue weighted by Gasteiger charge is 2.43. The molecule has 0 bridgehead atoms. The molecule has 1 N–H and O–H groups in total. The number of carbonyl (C=O) groups is 2. The zero-order valence-corrected chi connectivity index (χ0v) is 18.9. The van der Waals surface area contributed by atoms with Gasteiger partial charge in [0.05, 0.1) is 0 Å². The number of piperidine rings is 1. The Morgan fingerprint density at radius 3 is 2.52 bits per heavy atom. The fraction of sp³-hybridized carbons (Fsp3) is 0.708. The summed E-state index contributed by atoms with van der Waals surface area (Å²) in [6.07, 6.45) is 8.84. The first-order valence-corrected chi connectivity index (χ1v) is 12.0. The first-order chi connectivity index (χ1) is 15.1. The second-order valence-electron chi connectivity index (χ2n) is 9.56. The summed E-state index contributed by atoms with van der Waals surface area (Å²) in [5, 5.41) is 3.06. The summed E-state index contributed by atoms with van der Waals surface area (Å²) in [5.41, 5.74) is -0.666. The van der Waals surface area contributed by atoms with Gasteiger partial charge in [-0.05, 0) is 43.7 Å². The molecule has 1 unspecified atom stereocenters. The minimum Gasteiger partial charge on any atom is -0.354 e. The largest absolute Gasteiger partial charge is 0.354 e. The van der Waals surface area contributed by atoms with E-state index in [1.165, 1.54) is 13.3 Å². The van der Waals surface area contributed by atoms with Gasteiger partial charge < -0.3 is 15.1 Å². The predicted molar refractivity (Wildman–Crippen MR) is 122 cm³/mol. The van der Waals surface area contributed by atoms with E-state index in [2.05, 4.69) is 31.1 Å². The quantitative estimate of drug-likeness (QED) is 0.781. The smallest absolute Gasteiger partial charge is 0.248 e. The van der Waals surface area contributed by atoms with Gasteiger partial charge in [-0.15, -0.1) is 0 Å². The fourth-order valence-corrected chi connectivity index (χ4v) is 5.65. The van der Waals surface area contributed by atoms with E-state index in [1.807, 2.05) is 18.3 Å². The van der Waals surface area contributed by atoms with Crippen LogP contribution in [0.25, 0.3) is 0 Å². The molecule has 1 aliphatic carbocycles. The van der Waals surface area contributed by atoms with Crippen molar-refractivity contribution in [2.24, 2.45) is 5.92 Å². The number of anilines is 1. The van der Waals surface area contributed by atoms with E-state index in [4.69, 9.17) is 0 Å². The van der Waals surface area contributed by atoms with Gasteiger partial charge in [-0.25, -0.2) is 4.98 Å². The monoisotopic (exact) mass is 427 g/mol. The minimum absolute atomic E-state index is 0.0883. The van der Waals surface area contributed by atoms with Crippen LogP contribution in [-0.4, -0.2) is 78.0 Å². The van der Waals surface area contributed by atoms with Crippen LogP contribution in [0, 0.1) is 5.92 Å². The van der Waals surface area contributed by atoms with Crippen LogP contribution in [-0.2, 0) is 9.59 Å². The van der Waals surface area contributed by atoms with Crippen LogP contribution in [0.1, 0.15) is 51.9 Å². The maximum atomic E-state index is 13.5. The van der Waals surface area contributed by atoms with E-state index in [9.17, 15) is 9.59 Å². The Hall–Kier alpha value is -2.15. The van der Waals surface area contributed by atoms with Gasteiger partial charge in [0.15, 0.2) is 0 Å². The first-order valence-electron chi connectivity index (χ1n) is 12.0. The van der Waals surface area contributed by atoms with E-state index < -0.39 is 5.54 Å². The Kier molecular flexibility index (Phi) is 7.10. The molecule has 7 nitrogen and oxygen atoms in total. The van der Waals surface area contributed by atoms with Crippen LogP contribution in [0.4, 0.5) is 5.82 Å². The first kappa shape index (κ1) is 22.1. The van der Waals surface area contributed by atoms with Crippen molar-refractivity contribution in [2.45, 2.75) is 57.4 Å². The van der Waals surface area contributed by atoms with Crippen LogP contribution in [0.3, 0.4) is 0 Å². The number of hydrogen-bond donors (Lipinski definition) is 1. The zero-order valence-electron chi connectivity index (χ0n) is 18.9. The summed E-state index contributed by atoms with van der Waals surface area (Å²) in [7, 11) is 0. The van der Waals surface area contributed by atoms with Crippen LogP contribution >= 0.6 is 0 Å². The minimum atomic E-state index is -0.666. The van der Waals surface area contributed by atoms with Crippen molar-refractivity contribution in [2.75, 3.05) is 50.7 Å². The van der Waals surface area contributed by atoms with E-state index in [0.717, 1.165) is 90.2 Å². The van der Waals surface area contributed by atoms with Crippen molar-refractivity contribution in [3.63, 3.8) is 0 Å². The molecule has 3 aliphatic rings. The lowest BCUT2D eigenvalue weighted by Crippen LogP contribution is -2.61. The van der Waals surface area contributed by atoms with Crippen molar-refractivity contribution in [3.8, 4) is 0 Å². The Balaban J connectivity index is 1.31. The molecule has 7 heteroatoms. The summed E-state index contributed by atoms with van der Waals surface area (Å²) >= 11 is 0. The maximum Gasteiger partial charge on any atom is 0.248 e. The van der Waals surface area contributed by atoms with Crippen molar-refractivity contribution in [3.05, 3.63) is 24.4 Å². The third-order valence-corrected chi connectivity index (χ3v) is 7.20. The van der Waals surface area contributed by atoms with Crippen LogP contribution in [0.15, 0.2) is 24.4 Å². The standard InChI is InChI=1S/C24H37N5O2/c1-20(30)26-24(10-4-2-5-11-24)23(31)29-13-7-8-21(19-29)18-27-14-16-28(17-15-27)22-9-3-6-12-25-22/h3,6,9,12,21H,2,4-5,7-8,10-11,13-19H2,1H3,(H,26,30). The van der Waals surface area contributed by atoms with Gasteiger partial charge >= 0.3 is 0 Å². The van der Waals surface area contributed by atoms with Gasteiger partial charge in [-0.3, -0.25) is 14.5 Å². The Morgan fingerprint density at radius 1 is 1.06 bits per heavy atom. The molecule has 170 valence electrons. The molecule has 3 heterocycles. The van der Waals surface area contributed by atoms with E-state index in [1.54, 1.807) is 0 Å². The zero-order chi connectivity index (χ0) is 21.7. The highest BCUT2D eigenvalue weighted by atomic mass is 16.2. The van der Waals surface area contributed by atoms with Gasteiger partial charge in [-0.1, -0.05) is 25.3 Å². The average molecular weight is 428 g/mol. The lowest BCUT2D eigenvalue weighted by atomic mass is 9.79. The molecule has 4 rings (SSSR count). The summed E-state index contributed by atoms with van der Waals surface area (Å²) < 4.78 is 0. The molecular formula is C24H37N5O2. The van der Waals surface area contributed by atoms with Gasteiger partial charge in [0.25, 0.3) is 0 Å². The van der Waals surface area contributed by atoms with Crippen LogP contribution < -0.4 is 10.2 Å². The van der Waals surface area contributed by atoms with E-state index in [-0.39, 0.29) is 11.8 Å². The topological polar surface area (TPSA) is 68.8 Å². The number of rotatable bonds is 5. The van der Waals surface area contributed by atoms with E-state index in [0.29, 0.717) is 5.92 Å². The molecule has 2 amide bonds. The molecule has 0 aromatic carbocycles. The summed E-state index contributed by atoms with van der Waals surface area (Å²) in [4.78, 5) is 36.8. The molecule has 1 atom stereocenters. The Labute approximate surface area is 186 Å². The lowest BCUT2D eigenvalue weighted by Gasteiger charge is -2.44. The van der Waals surface area contributed by atoms with Crippen LogP contribution in [0.2, 0.25) is 0 Å². The SMILES string of the molecule is CC(=O)NC1(C(=O)N2CCCC(CN3CCN(c4ccccn4)CC3)C2)CCCCC1. The molecule has 0 radical (unpaired) electrons. The average Bonchev–Trinajstić information content (AvgIpc) is 2.80. The number of aromatic nitrogens is 1. The Morgan fingerprint density at radius 2 is 1.84 bits per heavy atom. The van der Waals surface area contributed by atoms with Crippen LogP contribution in [0.5, 0.6) is 0 Å². The number of hydrogen-bond acceptors (Lipinski definition) is 5. The van der Waals surface area contributed by atoms with Crippen molar-refractivity contribution < 1.29 is 9.59 Å². The number of carbonyl (C=O) groups excluding carboxylic acids is 2. The molecule has 31 heavy (non-hydrogen) atoms. The van der Waals surface area contributed by atoms with Gasteiger partial charge in [0.1, 0.15) is 11.4 Å². The summed E-state index contributed by atoms with van der Waals surface area (Å²) in [5.74, 6) is 1.64. The molecule has 2 aliphatic heterocycles. The summed E-state index contributed by atoms with van der Waals surface area (Å²) in [6, 6.07) is 6.08. The fourth-order valence-electron chi connectivity index (χ4n) is 5.65. The normalized spacial score (nSPS) is 24.6. The molecule has 2 saturated heterocycles. The van der Waals surface area contributed by atoms with Gasteiger partial charge in [-0.2, -0.15) is 0 Å². The molecule has 0 spiro atoms. The second-order valence-corrected chi connectivity index (χ2v) is 9.56. The predicted octanol–water partition coefficient (Wildman–Crippen LogP) is 2.28. The Bertz CT molecular complexity index is 742. The number of likely N-dealkylation sites (tertiary alicyclic amines) is 1. The lowest BCUT2D eigenvalue weighted by molar-refractivity contribution is -0.145. The number of nitrogens with zero attached hydrogens (tertiary/aromatic N) is 4. The van der Waals surface area contributed by atoms with Crippen molar-refractivity contribution in [1.82, 2.24) is 20.1 Å². The third-order valence-electron chi connectivity index (χ3n) is 7.20. The summed E-state index contributed by atoms with van der Waals surface area (Å²) in [6.45, 7) is 8.30. The number of amides is 2. The second kappa shape index (κ2) is 9.98. The van der Waals surface area contributed by atoms with Crippen molar-refractivity contribution in [1.29, 1.82) is 0 Å². The molecule has 3 fully saturated rings. The molecular weight excluding hydrogens is 390 g/mol. The van der Waals surface area contributed by atoms with Crippen molar-refractivity contribution >= 4 is 17.6 Å². The van der Waals surface area contributed by atoms with E-state index >= 15 is 0 Å². The molecule has 1 aromatic heterocycles. The number of piperazine rings is 1. The number of nitrogens with one attached hydrogen (secondary N) is 1. The highest BCUT2D eigenvalue weighted by molar-refractivity contribution is 5.91. The maximum absolute atomic E-state index is 13.5. The highest BCUT2D eigenvalue weighted by Crippen LogP contribution is 2.32. The van der Waals surface area contributed by atoms with Gasteiger partial charge in [0.2, 0.25) is 11.8 Å². The number of pyridine rings is 1. The third kappa shape index (κ3) is 5.37. The van der Waals surface area contributed by atoms with Gasteiger partial charge in [0, 0.05) is 58.9 Å².